The molecule has 3 heterocycles. The fourth-order valence-corrected chi connectivity index (χ4v) is 4.09. The third-order valence-electron chi connectivity index (χ3n) is 5.49. The normalized spacial score (nSPS) is 19.9. The van der Waals surface area contributed by atoms with Gasteiger partial charge >= 0.3 is 0 Å². The third kappa shape index (κ3) is 2.92. The van der Waals surface area contributed by atoms with Crippen molar-refractivity contribution in [3.8, 4) is 6.07 Å². The number of amides is 1. The highest BCUT2D eigenvalue weighted by atomic mass is 16.2. The predicted octanol–water partition coefficient (Wildman–Crippen LogP) is 3.15. The lowest BCUT2D eigenvalue weighted by Crippen LogP contribution is -2.45. The fraction of sp³-hybridized carbons (Fsp3) is 0.381. The SMILES string of the molecule is C[C@@H]1Cc2ccccc2N1C(=O)C1CCN(c2ccc(C#N)cn2)CC1. The van der Waals surface area contributed by atoms with E-state index in [0.717, 1.165) is 43.9 Å². The Hall–Kier alpha value is -2.87. The molecule has 0 radical (unpaired) electrons. The van der Waals surface area contributed by atoms with Gasteiger partial charge in [-0.3, -0.25) is 4.79 Å². The summed E-state index contributed by atoms with van der Waals surface area (Å²) in [5, 5.41) is 8.88. The Morgan fingerprint density at radius 1 is 1.19 bits per heavy atom. The number of nitriles is 1. The predicted molar refractivity (Wildman–Crippen MR) is 101 cm³/mol. The Morgan fingerprint density at radius 2 is 1.96 bits per heavy atom. The van der Waals surface area contributed by atoms with Crippen LogP contribution in [0.25, 0.3) is 0 Å². The number of hydrogen-bond acceptors (Lipinski definition) is 4. The molecule has 1 aromatic carbocycles. The van der Waals surface area contributed by atoms with Crippen LogP contribution >= 0.6 is 0 Å². The zero-order valence-corrected chi connectivity index (χ0v) is 14.9. The van der Waals surface area contributed by atoms with Crippen molar-refractivity contribution >= 4 is 17.4 Å². The first-order chi connectivity index (χ1) is 12.7. The molecule has 0 saturated carbocycles. The molecule has 132 valence electrons. The molecule has 1 aromatic heterocycles. The van der Waals surface area contributed by atoms with Gasteiger partial charge in [0.05, 0.1) is 5.56 Å². The van der Waals surface area contributed by atoms with Gasteiger partial charge in [-0.1, -0.05) is 18.2 Å². The highest BCUT2D eigenvalue weighted by Gasteiger charge is 2.36. The van der Waals surface area contributed by atoms with Crippen LogP contribution in [0.2, 0.25) is 0 Å². The highest BCUT2D eigenvalue weighted by Crippen LogP contribution is 2.34. The van der Waals surface area contributed by atoms with Gasteiger partial charge in [-0.05, 0) is 49.9 Å². The Bertz CT molecular complexity index is 847. The molecule has 2 aromatic rings. The Balaban J connectivity index is 1.43. The van der Waals surface area contributed by atoms with Gasteiger partial charge in [-0.2, -0.15) is 5.26 Å². The Morgan fingerprint density at radius 3 is 2.65 bits per heavy atom. The first kappa shape index (κ1) is 16.6. The van der Waals surface area contributed by atoms with E-state index in [9.17, 15) is 4.79 Å². The van der Waals surface area contributed by atoms with Crippen LogP contribution in [0.4, 0.5) is 11.5 Å². The number of aromatic nitrogens is 1. The van der Waals surface area contributed by atoms with Crippen LogP contribution < -0.4 is 9.80 Å². The largest absolute Gasteiger partial charge is 0.357 e. The average Bonchev–Trinajstić information content (AvgIpc) is 3.03. The van der Waals surface area contributed by atoms with Gasteiger partial charge in [0.1, 0.15) is 11.9 Å². The maximum atomic E-state index is 13.2. The first-order valence-electron chi connectivity index (χ1n) is 9.19. The number of hydrogen-bond donors (Lipinski definition) is 0. The second-order valence-corrected chi connectivity index (χ2v) is 7.17. The number of carbonyl (C=O) groups excluding carboxylic acids is 1. The number of pyridine rings is 1. The van der Waals surface area contributed by atoms with Gasteiger partial charge in [-0.15, -0.1) is 0 Å². The highest BCUT2D eigenvalue weighted by molar-refractivity contribution is 5.97. The standard InChI is InChI=1S/C21H22N4O/c1-15-12-18-4-2-3-5-19(18)25(15)21(26)17-8-10-24(11-9-17)20-7-6-16(13-22)14-23-20/h2-7,14-15,17H,8-12H2,1H3/t15-/m1/s1. The fourth-order valence-electron chi connectivity index (χ4n) is 4.09. The van der Waals surface area contributed by atoms with Crippen molar-refractivity contribution in [1.82, 2.24) is 4.98 Å². The molecule has 2 aliphatic rings. The smallest absolute Gasteiger partial charge is 0.230 e. The lowest BCUT2D eigenvalue weighted by molar-refractivity contribution is -0.123. The van der Waals surface area contributed by atoms with E-state index in [1.165, 1.54) is 5.56 Å². The monoisotopic (exact) mass is 346 g/mol. The van der Waals surface area contributed by atoms with Crippen LogP contribution in [-0.2, 0) is 11.2 Å². The minimum atomic E-state index is 0.0678. The summed E-state index contributed by atoms with van der Waals surface area (Å²) in [4.78, 5) is 21.7. The van der Waals surface area contributed by atoms with Crippen LogP contribution in [0.3, 0.4) is 0 Å². The molecule has 0 unspecified atom stereocenters. The molecular formula is C21H22N4O. The summed E-state index contributed by atoms with van der Waals surface area (Å²) in [6.07, 6.45) is 4.23. The number of piperidine rings is 1. The summed E-state index contributed by atoms with van der Waals surface area (Å²) >= 11 is 0. The number of rotatable bonds is 2. The maximum absolute atomic E-state index is 13.2. The molecule has 0 N–H and O–H groups in total. The van der Waals surface area contributed by atoms with Crippen molar-refractivity contribution in [2.24, 2.45) is 5.92 Å². The number of carbonyl (C=O) groups is 1. The third-order valence-corrected chi connectivity index (χ3v) is 5.49. The summed E-state index contributed by atoms with van der Waals surface area (Å²) in [7, 11) is 0. The van der Waals surface area contributed by atoms with E-state index in [4.69, 9.17) is 5.26 Å². The Labute approximate surface area is 153 Å². The van der Waals surface area contributed by atoms with Gasteiger partial charge in [0, 0.05) is 36.9 Å². The van der Waals surface area contributed by atoms with E-state index in [-0.39, 0.29) is 17.9 Å². The summed E-state index contributed by atoms with van der Waals surface area (Å²) < 4.78 is 0. The molecule has 0 bridgehead atoms. The Kier molecular flexibility index (Phi) is 4.34. The maximum Gasteiger partial charge on any atom is 0.230 e. The number of benzene rings is 1. The van der Waals surface area contributed by atoms with Crippen molar-refractivity contribution in [3.05, 3.63) is 53.7 Å². The average molecular weight is 346 g/mol. The van der Waals surface area contributed by atoms with Crippen molar-refractivity contribution < 1.29 is 4.79 Å². The second-order valence-electron chi connectivity index (χ2n) is 7.17. The number of fused-ring (bicyclic) bond motifs is 1. The van der Waals surface area contributed by atoms with Crippen LogP contribution in [0, 0.1) is 17.2 Å². The summed E-state index contributed by atoms with van der Waals surface area (Å²) in [6.45, 7) is 3.77. The summed E-state index contributed by atoms with van der Waals surface area (Å²) in [5.41, 5.74) is 2.93. The van der Waals surface area contributed by atoms with Crippen molar-refractivity contribution in [1.29, 1.82) is 5.26 Å². The van der Waals surface area contributed by atoms with Crippen LogP contribution in [-0.4, -0.2) is 30.0 Å². The molecule has 26 heavy (non-hydrogen) atoms. The van der Waals surface area contributed by atoms with Crippen LogP contribution in [0.1, 0.15) is 30.9 Å². The van der Waals surface area contributed by atoms with Gasteiger partial charge in [0.25, 0.3) is 0 Å². The van der Waals surface area contributed by atoms with Crippen molar-refractivity contribution in [3.63, 3.8) is 0 Å². The molecule has 5 heteroatoms. The molecule has 0 aliphatic carbocycles. The lowest BCUT2D eigenvalue weighted by atomic mass is 9.94. The van der Waals surface area contributed by atoms with Crippen LogP contribution in [0.5, 0.6) is 0 Å². The summed E-state index contributed by atoms with van der Waals surface area (Å²) in [5.74, 6) is 1.21. The molecule has 4 rings (SSSR count). The van der Waals surface area contributed by atoms with Crippen molar-refractivity contribution in [2.75, 3.05) is 22.9 Å². The second kappa shape index (κ2) is 6.80. The van der Waals surface area contributed by atoms with Gasteiger partial charge in [0.15, 0.2) is 0 Å². The van der Waals surface area contributed by atoms with E-state index in [2.05, 4.69) is 35.0 Å². The van der Waals surface area contributed by atoms with Gasteiger partial charge in [-0.25, -0.2) is 4.98 Å². The van der Waals surface area contributed by atoms with E-state index in [1.54, 1.807) is 12.3 Å². The molecule has 2 aliphatic heterocycles. The van der Waals surface area contributed by atoms with Crippen molar-refractivity contribution in [2.45, 2.75) is 32.2 Å². The van der Waals surface area contributed by atoms with E-state index in [1.807, 2.05) is 23.1 Å². The van der Waals surface area contributed by atoms with Crippen LogP contribution in [0.15, 0.2) is 42.6 Å². The van der Waals surface area contributed by atoms with E-state index in [0.29, 0.717) is 5.56 Å². The number of para-hydroxylation sites is 1. The quantitative estimate of drug-likeness (QED) is 0.838. The first-order valence-corrected chi connectivity index (χ1v) is 9.19. The zero-order chi connectivity index (χ0) is 18.1. The number of anilines is 2. The van der Waals surface area contributed by atoms with E-state index >= 15 is 0 Å². The molecular weight excluding hydrogens is 324 g/mol. The van der Waals surface area contributed by atoms with E-state index < -0.39 is 0 Å². The van der Waals surface area contributed by atoms with Gasteiger partial charge in [0.2, 0.25) is 5.91 Å². The number of nitrogens with zero attached hydrogens (tertiary/aromatic N) is 4. The zero-order valence-electron chi connectivity index (χ0n) is 14.9. The molecule has 1 saturated heterocycles. The molecule has 5 nitrogen and oxygen atoms in total. The minimum Gasteiger partial charge on any atom is -0.357 e. The molecule has 1 amide bonds. The lowest BCUT2D eigenvalue weighted by Gasteiger charge is -2.35. The molecule has 1 atom stereocenters. The van der Waals surface area contributed by atoms with Gasteiger partial charge < -0.3 is 9.80 Å². The minimum absolute atomic E-state index is 0.0678. The topological polar surface area (TPSA) is 60.2 Å². The molecule has 0 spiro atoms. The summed E-state index contributed by atoms with van der Waals surface area (Å²) in [6, 6.07) is 14.2. The molecule has 1 fully saturated rings.